The minimum atomic E-state index is 0.0787. The highest BCUT2D eigenvalue weighted by atomic mass is 15.5. The van der Waals surface area contributed by atoms with Crippen LogP contribution in [-0.4, -0.2) is 31.8 Å². The zero-order valence-electron chi connectivity index (χ0n) is 7.13. The smallest absolute Gasteiger partial charge is 0.130 e. The third-order valence-electron chi connectivity index (χ3n) is 0.841. The zero-order valence-corrected chi connectivity index (χ0v) is 7.13. The minimum absolute atomic E-state index is 0.0787. The molecule has 0 saturated heterocycles. The second kappa shape index (κ2) is 5.32. The molecule has 0 spiro atoms. The van der Waals surface area contributed by atoms with Gasteiger partial charge in [-0.1, -0.05) is 0 Å². The maximum Gasteiger partial charge on any atom is 0.130 e. The molecule has 10 heavy (non-hydrogen) atoms. The van der Waals surface area contributed by atoms with Crippen molar-refractivity contribution in [3.8, 4) is 0 Å². The van der Waals surface area contributed by atoms with E-state index >= 15 is 0 Å². The van der Waals surface area contributed by atoms with Gasteiger partial charge in [-0.25, -0.2) is 10.4 Å². The van der Waals surface area contributed by atoms with Crippen LogP contribution in [0, 0.1) is 0 Å². The Morgan fingerprint density at radius 1 is 1.50 bits per heavy atom. The summed E-state index contributed by atoms with van der Waals surface area (Å²) in [6.45, 7) is 4.67. The second-order valence-electron chi connectivity index (χ2n) is 2.27. The summed E-state index contributed by atoms with van der Waals surface area (Å²) in [7, 11) is 3.86. The molecule has 0 radical (unpaired) electrons. The van der Waals surface area contributed by atoms with E-state index in [9.17, 15) is 0 Å². The maximum absolute atomic E-state index is 3.96. The Labute approximate surface area is 62.3 Å². The Morgan fingerprint density at radius 2 is 2.10 bits per heavy atom. The Bertz CT molecular complexity index is 99.9. The normalized spacial score (nSPS) is 14.9. The van der Waals surface area contributed by atoms with Gasteiger partial charge in [0.15, 0.2) is 0 Å². The van der Waals surface area contributed by atoms with E-state index < -0.39 is 0 Å². The average Bonchev–Trinajstić information content (AvgIpc) is 1.82. The zero-order chi connectivity index (χ0) is 7.98. The van der Waals surface area contributed by atoms with Gasteiger partial charge in [0.25, 0.3) is 0 Å². The van der Waals surface area contributed by atoms with Crippen molar-refractivity contribution in [2.24, 2.45) is 10.2 Å². The van der Waals surface area contributed by atoms with Crippen LogP contribution in [-0.2, 0) is 0 Å². The first-order valence-corrected chi connectivity index (χ1v) is 3.47. The molecule has 0 aromatic rings. The Morgan fingerprint density at radius 3 is 2.50 bits per heavy atom. The molecule has 0 heterocycles. The number of hydrogen-bond acceptors (Lipinski definition) is 4. The predicted octanol–water partition coefficient (Wildman–Crippen LogP) is 0.871. The molecule has 60 valence electrons. The highest BCUT2D eigenvalue weighted by Gasteiger charge is 1.96. The number of nitrogens with one attached hydrogen (secondary N) is 1. The Hall–Kier alpha value is -0.480. The van der Waals surface area contributed by atoms with Gasteiger partial charge in [-0.05, 0) is 13.8 Å². The molecule has 0 aromatic heterocycles. The van der Waals surface area contributed by atoms with Crippen molar-refractivity contribution in [3.63, 3.8) is 0 Å². The molecule has 0 saturated carbocycles. The largest absolute Gasteiger partial charge is 0.249 e. The lowest BCUT2D eigenvalue weighted by Crippen LogP contribution is -2.36. The molecular formula is C6H16N4. The van der Waals surface area contributed by atoms with Gasteiger partial charge in [0.1, 0.15) is 6.17 Å². The summed E-state index contributed by atoms with van der Waals surface area (Å²) < 4.78 is 0. The molecule has 0 aromatic carbocycles. The molecule has 0 aliphatic rings. The van der Waals surface area contributed by atoms with Crippen molar-refractivity contribution in [3.05, 3.63) is 0 Å². The fraction of sp³-hybridized carbons (Fsp3) is 1.00. The van der Waals surface area contributed by atoms with Gasteiger partial charge in [-0.3, -0.25) is 0 Å². The molecule has 1 atom stereocenters. The summed E-state index contributed by atoms with van der Waals surface area (Å²) in [6, 6.07) is 0. The molecule has 0 aliphatic heterocycles. The molecule has 4 nitrogen and oxygen atoms in total. The van der Waals surface area contributed by atoms with Gasteiger partial charge in [-0.2, -0.15) is 10.2 Å². The standard InChI is InChI=1S/C6H16N4/c1-5-7-8-6(2)9-10(3)4/h6,9H,5H2,1-4H3. The molecule has 0 amide bonds. The lowest BCUT2D eigenvalue weighted by Gasteiger charge is -2.14. The van der Waals surface area contributed by atoms with Crippen LogP contribution in [0.25, 0.3) is 0 Å². The molecule has 1 N–H and O–H groups in total. The number of hydrazine groups is 1. The predicted molar refractivity (Wildman–Crippen MR) is 41.7 cm³/mol. The lowest BCUT2D eigenvalue weighted by molar-refractivity contribution is 0.249. The van der Waals surface area contributed by atoms with Crippen LogP contribution in [0.1, 0.15) is 13.8 Å². The van der Waals surface area contributed by atoms with Crippen molar-refractivity contribution >= 4 is 0 Å². The molecule has 0 fully saturated rings. The van der Waals surface area contributed by atoms with Crippen LogP contribution in [0.2, 0.25) is 0 Å². The van der Waals surface area contributed by atoms with E-state index in [0.29, 0.717) is 0 Å². The molecule has 1 unspecified atom stereocenters. The van der Waals surface area contributed by atoms with Crippen LogP contribution in [0.4, 0.5) is 0 Å². The number of nitrogens with zero attached hydrogens (tertiary/aromatic N) is 3. The number of rotatable bonds is 4. The SMILES string of the molecule is CCN=NC(C)NN(C)C. The fourth-order valence-corrected chi connectivity index (χ4v) is 0.604. The third kappa shape index (κ3) is 5.65. The first-order valence-electron chi connectivity index (χ1n) is 3.47. The van der Waals surface area contributed by atoms with Crippen LogP contribution >= 0.6 is 0 Å². The first kappa shape index (κ1) is 9.52. The summed E-state index contributed by atoms with van der Waals surface area (Å²) in [4.78, 5) is 0. The van der Waals surface area contributed by atoms with E-state index in [1.165, 1.54) is 0 Å². The van der Waals surface area contributed by atoms with Gasteiger partial charge in [0.2, 0.25) is 0 Å². The van der Waals surface area contributed by atoms with Crippen molar-refractivity contribution in [1.82, 2.24) is 10.4 Å². The highest BCUT2D eigenvalue weighted by molar-refractivity contribution is 4.48. The second-order valence-corrected chi connectivity index (χ2v) is 2.27. The molecular weight excluding hydrogens is 128 g/mol. The van der Waals surface area contributed by atoms with Crippen molar-refractivity contribution < 1.29 is 0 Å². The average molecular weight is 144 g/mol. The van der Waals surface area contributed by atoms with E-state index in [0.717, 1.165) is 6.54 Å². The summed E-state index contributed by atoms with van der Waals surface area (Å²) in [5.41, 5.74) is 3.05. The first-order chi connectivity index (χ1) is 4.66. The molecule has 0 rings (SSSR count). The van der Waals surface area contributed by atoms with Gasteiger partial charge < -0.3 is 0 Å². The number of azo groups is 1. The quantitative estimate of drug-likeness (QED) is 0.470. The fourth-order valence-electron chi connectivity index (χ4n) is 0.604. The summed E-state index contributed by atoms with van der Waals surface area (Å²) in [5.74, 6) is 0. The maximum atomic E-state index is 3.96. The monoisotopic (exact) mass is 144 g/mol. The molecule has 4 heteroatoms. The van der Waals surface area contributed by atoms with Gasteiger partial charge >= 0.3 is 0 Å². The summed E-state index contributed by atoms with van der Waals surface area (Å²) in [6.07, 6.45) is 0.0787. The summed E-state index contributed by atoms with van der Waals surface area (Å²) in [5, 5.41) is 9.68. The van der Waals surface area contributed by atoms with Crippen LogP contribution in [0.3, 0.4) is 0 Å². The lowest BCUT2D eigenvalue weighted by atomic mass is 10.6. The van der Waals surface area contributed by atoms with Crippen molar-refractivity contribution in [2.45, 2.75) is 20.0 Å². The van der Waals surface area contributed by atoms with Gasteiger partial charge in [0.05, 0.1) is 6.54 Å². The molecule has 0 bridgehead atoms. The Kier molecular flexibility index (Phi) is 5.06. The number of hydrogen-bond donors (Lipinski definition) is 1. The highest BCUT2D eigenvalue weighted by Crippen LogP contribution is 1.85. The van der Waals surface area contributed by atoms with Crippen LogP contribution in [0.15, 0.2) is 10.2 Å². The van der Waals surface area contributed by atoms with Gasteiger partial charge in [-0.15, -0.1) is 0 Å². The van der Waals surface area contributed by atoms with Crippen LogP contribution < -0.4 is 5.43 Å². The van der Waals surface area contributed by atoms with Gasteiger partial charge in [0, 0.05) is 14.1 Å². The summed E-state index contributed by atoms with van der Waals surface area (Å²) >= 11 is 0. The van der Waals surface area contributed by atoms with E-state index in [4.69, 9.17) is 0 Å². The molecule has 0 aliphatic carbocycles. The van der Waals surface area contributed by atoms with E-state index in [2.05, 4.69) is 15.7 Å². The minimum Gasteiger partial charge on any atom is -0.249 e. The Balaban J connectivity index is 3.42. The van der Waals surface area contributed by atoms with E-state index in [1.54, 1.807) is 0 Å². The van der Waals surface area contributed by atoms with E-state index in [1.807, 2.05) is 33.0 Å². The van der Waals surface area contributed by atoms with Crippen molar-refractivity contribution in [2.75, 3.05) is 20.6 Å². The topological polar surface area (TPSA) is 40.0 Å². The third-order valence-corrected chi connectivity index (χ3v) is 0.841. The van der Waals surface area contributed by atoms with E-state index in [-0.39, 0.29) is 6.17 Å². The van der Waals surface area contributed by atoms with Crippen LogP contribution in [0.5, 0.6) is 0 Å². The van der Waals surface area contributed by atoms with Crippen molar-refractivity contribution in [1.29, 1.82) is 0 Å².